The van der Waals surface area contributed by atoms with Crippen LogP contribution >= 0.6 is 11.6 Å². The average molecular weight is 373 g/mol. The van der Waals surface area contributed by atoms with Crippen LogP contribution < -0.4 is 0 Å². The van der Waals surface area contributed by atoms with Crippen LogP contribution in [0.1, 0.15) is 21.5 Å². The van der Waals surface area contributed by atoms with Gasteiger partial charge in [0.05, 0.1) is 12.7 Å². The van der Waals surface area contributed by atoms with Crippen molar-refractivity contribution in [3.05, 3.63) is 101 Å². The maximum atomic E-state index is 11.4. The molecule has 0 aliphatic carbocycles. The molecule has 0 aliphatic heterocycles. The number of carbonyl (C=O) groups excluding carboxylic acids is 1. The first-order chi connectivity index (χ1) is 13.2. The molecule has 3 heteroatoms. The number of benzene rings is 3. The number of esters is 1. The summed E-state index contributed by atoms with van der Waals surface area (Å²) in [6, 6.07) is 22.9. The Kier molecular flexibility index (Phi) is 6.10. The number of hydrogen-bond donors (Lipinski definition) is 0. The second-order valence-electron chi connectivity index (χ2n) is 5.77. The van der Waals surface area contributed by atoms with Gasteiger partial charge in [-0.3, -0.25) is 0 Å². The zero-order chi connectivity index (χ0) is 19.1. The van der Waals surface area contributed by atoms with Crippen LogP contribution in [0.5, 0.6) is 0 Å². The molecule has 132 valence electrons. The minimum atomic E-state index is -0.354. The number of halogens is 1. The van der Waals surface area contributed by atoms with Gasteiger partial charge in [0.2, 0.25) is 0 Å². The van der Waals surface area contributed by atoms with Gasteiger partial charge in [0.25, 0.3) is 0 Å². The maximum absolute atomic E-state index is 11.4. The molecule has 0 saturated carbocycles. The number of allylic oxidation sites excluding steroid dienone is 1. The number of methoxy groups -OCH3 is 1. The van der Waals surface area contributed by atoms with Crippen LogP contribution in [-0.2, 0) is 4.74 Å². The van der Waals surface area contributed by atoms with Crippen LogP contribution in [0.15, 0.2) is 78.9 Å². The quantitative estimate of drug-likeness (QED) is 0.425. The summed E-state index contributed by atoms with van der Waals surface area (Å²) in [4.78, 5) is 11.4. The van der Waals surface area contributed by atoms with Gasteiger partial charge in [-0.05, 0) is 65.2 Å². The molecule has 0 radical (unpaired) electrons. The molecule has 0 aromatic heterocycles. The van der Waals surface area contributed by atoms with Crippen molar-refractivity contribution in [3.63, 3.8) is 0 Å². The Labute approximate surface area is 164 Å². The zero-order valence-corrected chi connectivity index (χ0v) is 15.5. The summed E-state index contributed by atoms with van der Waals surface area (Å²) in [6.07, 6.45) is 3.81. The van der Waals surface area contributed by atoms with E-state index < -0.39 is 0 Å². The molecule has 0 N–H and O–H groups in total. The molecule has 0 amide bonds. The van der Waals surface area contributed by atoms with Gasteiger partial charge < -0.3 is 4.74 Å². The molecule has 0 heterocycles. The third-order valence-corrected chi connectivity index (χ3v) is 4.24. The Morgan fingerprint density at radius 3 is 2.37 bits per heavy atom. The van der Waals surface area contributed by atoms with Crippen LogP contribution in [0.25, 0.3) is 17.2 Å². The molecule has 0 atom stereocenters. The fourth-order valence-electron chi connectivity index (χ4n) is 2.60. The third kappa shape index (κ3) is 4.88. The highest BCUT2D eigenvalue weighted by molar-refractivity contribution is 6.30. The summed E-state index contributed by atoms with van der Waals surface area (Å²) in [5.41, 5.74) is 4.64. The van der Waals surface area contributed by atoms with Gasteiger partial charge in [0, 0.05) is 10.6 Å². The number of ether oxygens (including phenoxy) is 1. The van der Waals surface area contributed by atoms with E-state index in [1.54, 1.807) is 24.3 Å². The zero-order valence-electron chi connectivity index (χ0n) is 14.8. The lowest BCUT2D eigenvalue weighted by atomic mass is 9.99. The summed E-state index contributed by atoms with van der Waals surface area (Å²) in [5, 5.41) is 0.718. The SMILES string of the molecule is COC(=O)c1ccc(C#C/C=C/c2ccccc2-c2ccc(Cl)cc2)cc1. The summed E-state index contributed by atoms with van der Waals surface area (Å²) >= 11 is 5.98. The molecule has 3 rings (SSSR count). The first kappa shape index (κ1) is 18.5. The molecular formula is C24H17ClO2. The topological polar surface area (TPSA) is 26.3 Å². The summed E-state index contributed by atoms with van der Waals surface area (Å²) in [6.45, 7) is 0. The van der Waals surface area contributed by atoms with Crippen LogP contribution in [0, 0.1) is 11.8 Å². The molecule has 3 aromatic rings. The van der Waals surface area contributed by atoms with Gasteiger partial charge in [0.15, 0.2) is 0 Å². The minimum Gasteiger partial charge on any atom is -0.465 e. The Morgan fingerprint density at radius 2 is 1.67 bits per heavy atom. The second-order valence-corrected chi connectivity index (χ2v) is 6.20. The predicted octanol–water partition coefficient (Wildman–Crippen LogP) is 5.86. The van der Waals surface area contributed by atoms with Crippen molar-refractivity contribution in [2.24, 2.45) is 0 Å². The normalized spacial score (nSPS) is 10.3. The van der Waals surface area contributed by atoms with E-state index in [9.17, 15) is 4.79 Å². The largest absolute Gasteiger partial charge is 0.465 e. The predicted molar refractivity (Wildman–Crippen MR) is 111 cm³/mol. The molecule has 0 unspecified atom stereocenters. The minimum absolute atomic E-state index is 0.354. The molecular weight excluding hydrogens is 356 g/mol. The van der Waals surface area contributed by atoms with Crippen LogP contribution in [0.2, 0.25) is 5.02 Å². The van der Waals surface area contributed by atoms with Crippen molar-refractivity contribution < 1.29 is 9.53 Å². The van der Waals surface area contributed by atoms with E-state index in [4.69, 9.17) is 11.6 Å². The third-order valence-electron chi connectivity index (χ3n) is 3.98. The van der Waals surface area contributed by atoms with Crippen LogP contribution in [-0.4, -0.2) is 13.1 Å². The fourth-order valence-corrected chi connectivity index (χ4v) is 2.72. The van der Waals surface area contributed by atoms with Crippen molar-refractivity contribution in [2.75, 3.05) is 7.11 Å². The van der Waals surface area contributed by atoms with Gasteiger partial charge in [-0.2, -0.15) is 0 Å². The Morgan fingerprint density at radius 1 is 0.963 bits per heavy atom. The van der Waals surface area contributed by atoms with E-state index in [-0.39, 0.29) is 5.97 Å². The standard InChI is InChI=1S/C24H17ClO2/c1-27-24(26)21-12-10-18(11-13-21)6-2-3-7-19-8-4-5-9-23(19)20-14-16-22(25)17-15-20/h3-5,7-17H,1H3/b7-3+. The highest BCUT2D eigenvalue weighted by Gasteiger charge is 2.03. The van der Waals surface area contributed by atoms with Crippen molar-refractivity contribution in [1.82, 2.24) is 0 Å². The summed E-state index contributed by atoms with van der Waals surface area (Å²) in [7, 11) is 1.36. The van der Waals surface area contributed by atoms with E-state index in [0.717, 1.165) is 27.3 Å². The number of rotatable bonds is 3. The fraction of sp³-hybridized carbons (Fsp3) is 0.0417. The molecule has 3 aromatic carbocycles. The van der Waals surface area contributed by atoms with Gasteiger partial charge >= 0.3 is 5.97 Å². The molecule has 2 nitrogen and oxygen atoms in total. The lowest BCUT2D eigenvalue weighted by Crippen LogP contribution is -2.00. The smallest absolute Gasteiger partial charge is 0.337 e. The monoisotopic (exact) mass is 372 g/mol. The summed E-state index contributed by atoms with van der Waals surface area (Å²) < 4.78 is 4.68. The van der Waals surface area contributed by atoms with Crippen molar-refractivity contribution in [1.29, 1.82) is 0 Å². The molecule has 0 bridgehead atoms. The lowest BCUT2D eigenvalue weighted by molar-refractivity contribution is 0.0600. The van der Waals surface area contributed by atoms with Crippen LogP contribution in [0.4, 0.5) is 0 Å². The van der Waals surface area contributed by atoms with Gasteiger partial charge in [-0.1, -0.05) is 59.8 Å². The number of carbonyl (C=O) groups is 1. The highest BCUT2D eigenvalue weighted by atomic mass is 35.5. The van der Waals surface area contributed by atoms with Crippen LogP contribution in [0.3, 0.4) is 0 Å². The van der Waals surface area contributed by atoms with E-state index in [2.05, 4.69) is 22.6 Å². The maximum Gasteiger partial charge on any atom is 0.337 e. The van der Waals surface area contributed by atoms with Crippen molar-refractivity contribution in [2.45, 2.75) is 0 Å². The van der Waals surface area contributed by atoms with E-state index in [1.165, 1.54) is 7.11 Å². The molecule has 0 spiro atoms. The van der Waals surface area contributed by atoms with Gasteiger partial charge in [-0.15, -0.1) is 0 Å². The first-order valence-electron chi connectivity index (χ1n) is 8.39. The van der Waals surface area contributed by atoms with E-state index in [1.807, 2.05) is 54.6 Å². The van der Waals surface area contributed by atoms with Gasteiger partial charge in [-0.25, -0.2) is 4.79 Å². The Hall–Kier alpha value is -3.28. The average Bonchev–Trinajstić information content (AvgIpc) is 2.72. The second kappa shape index (κ2) is 8.89. The van der Waals surface area contributed by atoms with Gasteiger partial charge in [0.1, 0.15) is 0 Å². The molecule has 27 heavy (non-hydrogen) atoms. The molecule has 0 aliphatic rings. The molecule has 0 saturated heterocycles. The first-order valence-corrected chi connectivity index (χ1v) is 8.76. The van der Waals surface area contributed by atoms with E-state index in [0.29, 0.717) is 5.56 Å². The Balaban J connectivity index is 1.77. The van der Waals surface area contributed by atoms with Crippen molar-refractivity contribution >= 4 is 23.6 Å². The summed E-state index contributed by atoms with van der Waals surface area (Å²) in [5.74, 6) is 5.74. The highest BCUT2D eigenvalue weighted by Crippen LogP contribution is 2.25. The number of hydrogen-bond acceptors (Lipinski definition) is 2. The van der Waals surface area contributed by atoms with E-state index >= 15 is 0 Å². The molecule has 0 fully saturated rings. The lowest BCUT2D eigenvalue weighted by Gasteiger charge is -2.06. The Bertz CT molecular complexity index is 1020. The van der Waals surface area contributed by atoms with Crippen molar-refractivity contribution in [3.8, 4) is 23.0 Å².